The molecule has 2 fully saturated rings. The number of aryl methyl sites for hydroxylation is 1. The van der Waals surface area contributed by atoms with Crippen LogP contribution >= 0.6 is 0 Å². The monoisotopic (exact) mass is 582 g/mol. The Labute approximate surface area is 252 Å². The molecule has 10 nitrogen and oxygen atoms in total. The molecule has 0 amide bonds. The van der Waals surface area contributed by atoms with E-state index >= 15 is 0 Å². The second-order valence-corrected chi connectivity index (χ2v) is 12.9. The first-order chi connectivity index (χ1) is 20.9. The first-order valence-electron chi connectivity index (χ1n) is 15.7. The molecule has 1 unspecified atom stereocenters. The van der Waals surface area contributed by atoms with E-state index in [9.17, 15) is 5.11 Å². The maximum Gasteiger partial charge on any atom is 0.318 e. The van der Waals surface area contributed by atoms with Gasteiger partial charge in [0.05, 0.1) is 25.4 Å². The van der Waals surface area contributed by atoms with Gasteiger partial charge in [-0.2, -0.15) is 15.1 Å². The second kappa shape index (κ2) is 11.4. The summed E-state index contributed by atoms with van der Waals surface area (Å²) in [7, 11) is 4.23. The smallest absolute Gasteiger partial charge is 0.318 e. The molecule has 3 N–H and O–H groups in total. The van der Waals surface area contributed by atoms with Crippen molar-refractivity contribution < 1.29 is 9.84 Å². The van der Waals surface area contributed by atoms with E-state index < -0.39 is 6.10 Å². The van der Waals surface area contributed by atoms with Crippen molar-refractivity contribution in [3.05, 3.63) is 64.9 Å². The Morgan fingerprint density at radius 2 is 1.95 bits per heavy atom. The Balaban J connectivity index is 1.16. The minimum Gasteiger partial charge on any atom is -0.463 e. The molecule has 4 aromatic rings. The van der Waals surface area contributed by atoms with E-state index in [0.29, 0.717) is 37.4 Å². The lowest BCUT2D eigenvalue weighted by Gasteiger charge is -2.32. The summed E-state index contributed by atoms with van der Waals surface area (Å²) in [5.74, 6) is 2.21. The summed E-state index contributed by atoms with van der Waals surface area (Å²) in [4.78, 5) is 19.1. The van der Waals surface area contributed by atoms with Gasteiger partial charge in [-0.3, -0.25) is 5.10 Å². The predicted molar refractivity (Wildman–Crippen MR) is 167 cm³/mol. The third-order valence-corrected chi connectivity index (χ3v) is 9.16. The number of aromatic nitrogens is 5. The van der Waals surface area contributed by atoms with Crippen LogP contribution in [-0.4, -0.2) is 68.9 Å². The lowest BCUT2D eigenvalue weighted by atomic mass is 9.98. The van der Waals surface area contributed by atoms with E-state index in [-0.39, 0.29) is 11.3 Å². The molecule has 7 rings (SSSR count). The Morgan fingerprint density at radius 3 is 2.70 bits per heavy atom. The first kappa shape index (κ1) is 28.0. The Hall–Kier alpha value is -3.76. The van der Waals surface area contributed by atoms with E-state index in [2.05, 4.69) is 87.7 Å². The lowest BCUT2D eigenvalue weighted by Crippen LogP contribution is -2.33. The number of nitrogens with zero attached hydrogens (tertiary/aromatic N) is 6. The highest BCUT2D eigenvalue weighted by Crippen LogP contribution is 2.46. The van der Waals surface area contributed by atoms with Gasteiger partial charge in [0.2, 0.25) is 0 Å². The van der Waals surface area contributed by atoms with Gasteiger partial charge in [-0.05, 0) is 75.6 Å². The van der Waals surface area contributed by atoms with Gasteiger partial charge in [0, 0.05) is 35.1 Å². The van der Waals surface area contributed by atoms with Gasteiger partial charge in [0.15, 0.2) is 5.82 Å². The predicted octanol–water partition coefficient (Wildman–Crippen LogP) is 4.65. The van der Waals surface area contributed by atoms with Gasteiger partial charge in [-0.25, -0.2) is 4.98 Å². The fourth-order valence-electron chi connectivity index (χ4n) is 6.50. The number of aliphatic hydroxyl groups is 1. The molecule has 0 spiro atoms. The summed E-state index contributed by atoms with van der Waals surface area (Å²) in [6.45, 7) is 5.81. The molecule has 0 bridgehead atoms. The van der Waals surface area contributed by atoms with Crippen molar-refractivity contribution in [1.29, 1.82) is 0 Å². The molecule has 1 aliphatic heterocycles. The van der Waals surface area contributed by atoms with Crippen LogP contribution in [0.4, 0.5) is 11.5 Å². The van der Waals surface area contributed by atoms with Gasteiger partial charge in [-0.1, -0.05) is 37.3 Å². The average Bonchev–Trinajstić information content (AvgIpc) is 3.95. The number of aliphatic hydroxyl groups excluding tert-OH is 1. The largest absolute Gasteiger partial charge is 0.463 e. The van der Waals surface area contributed by atoms with Crippen LogP contribution in [0.2, 0.25) is 0 Å². The highest BCUT2D eigenvalue weighted by molar-refractivity contribution is 5.97. The number of hydrogen-bond acceptors (Lipinski definition) is 9. The van der Waals surface area contributed by atoms with E-state index in [1.165, 1.54) is 22.0 Å². The number of ether oxygens (including phenoxy) is 1. The summed E-state index contributed by atoms with van der Waals surface area (Å²) in [5, 5.41) is 23.8. The molecule has 43 heavy (non-hydrogen) atoms. The van der Waals surface area contributed by atoms with Crippen LogP contribution in [0.3, 0.4) is 0 Å². The second-order valence-electron chi connectivity index (χ2n) is 12.9. The first-order valence-corrected chi connectivity index (χ1v) is 15.7. The van der Waals surface area contributed by atoms with Crippen molar-refractivity contribution in [3.63, 3.8) is 0 Å². The number of rotatable bonds is 12. The molecule has 2 aromatic carbocycles. The topological polar surface area (TPSA) is 115 Å². The summed E-state index contributed by atoms with van der Waals surface area (Å²) in [6, 6.07) is 13.6. The zero-order valence-electron chi connectivity index (χ0n) is 25.4. The van der Waals surface area contributed by atoms with Crippen molar-refractivity contribution in [2.75, 3.05) is 44.0 Å². The molecule has 2 aliphatic carbocycles. The average molecular weight is 583 g/mol. The molecule has 3 heterocycles. The van der Waals surface area contributed by atoms with Crippen molar-refractivity contribution in [3.8, 4) is 6.01 Å². The summed E-state index contributed by atoms with van der Waals surface area (Å²) < 4.78 is 6.33. The summed E-state index contributed by atoms with van der Waals surface area (Å²) in [5.41, 5.74) is 4.90. The quantitative estimate of drug-likeness (QED) is 0.220. The van der Waals surface area contributed by atoms with Crippen LogP contribution < -0.4 is 15.0 Å². The fraction of sp³-hybridized carbons (Fsp3) is 0.515. The van der Waals surface area contributed by atoms with E-state index in [4.69, 9.17) is 14.7 Å². The minimum absolute atomic E-state index is 0.181. The highest BCUT2D eigenvalue weighted by atomic mass is 16.5. The van der Waals surface area contributed by atoms with Crippen LogP contribution in [-0.2, 0) is 25.9 Å². The molecular weight excluding hydrogens is 540 g/mol. The molecule has 10 heteroatoms. The molecule has 0 saturated heterocycles. The van der Waals surface area contributed by atoms with E-state index in [0.717, 1.165) is 68.7 Å². The Kier molecular flexibility index (Phi) is 7.43. The molecular formula is C33H42N8O2. The number of aromatic amines is 1. The molecule has 1 atom stereocenters. The minimum atomic E-state index is -0.595. The van der Waals surface area contributed by atoms with Gasteiger partial charge in [0.1, 0.15) is 17.7 Å². The zero-order chi connectivity index (χ0) is 29.6. The normalized spacial score (nSPS) is 18.1. The molecule has 3 aliphatic rings. The summed E-state index contributed by atoms with van der Waals surface area (Å²) in [6.07, 6.45) is 5.60. The van der Waals surface area contributed by atoms with Crippen LogP contribution in [0.5, 0.6) is 6.01 Å². The maximum atomic E-state index is 10.4. The van der Waals surface area contributed by atoms with Crippen LogP contribution in [0.1, 0.15) is 67.2 Å². The number of hydrogen-bond donors (Lipinski definition) is 3. The number of fused-ring (bicyclic) bond motifs is 2. The van der Waals surface area contributed by atoms with Gasteiger partial charge in [0.25, 0.3) is 0 Å². The molecule has 2 saturated carbocycles. The van der Waals surface area contributed by atoms with Crippen molar-refractivity contribution >= 4 is 22.3 Å². The van der Waals surface area contributed by atoms with Crippen molar-refractivity contribution in [2.24, 2.45) is 11.3 Å². The Bertz CT molecular complexity index is 1600. The van der Waals surface area contributed by atoms with Crippen LogP contribution in [0.15, 0.2) is 36.4 Å². The maximum absolute atomic E-state index is 10.4. The van der Waals surface area contributed by atoms with Crippen molar-refractivity contribution in [1.82, 2.24) is 30.0 Å². The SMILES string of the molecule is CCc1cccc2cccc(N3CCc4c(nc(OCC5(CN(C)C)CC5)nc4NCc4nc(C(O)C5CC5)n[nH]4)C3)c12. The van der Waals surface area contributed by atoms with Crippen molar-refractivity contribution in [2.45, 2.75) is 64.6 Å². The standard InChI is InChI=1S/C33H42N8O2/c1-4-21-7-5-8-22-9-6-10-26(28(21)22)41-16-13-24-25(18-41)35-32(43-20-33(14-15-33)19-40(2)3)37-30(24)34-17-27-36-31(39-38-27)29(42)23-11-12-23/h5-10,23,29,42H,4,11-20H2,1-3H3,(H,34,35,37)(H,36,38,39). The number of nitrogens with one attached hydrogen (secondary N) is 2. The number of benzene rings is 2. The highest BCUT2D eigenvalue weighted by Gasteiger charge is 2.44. The van der Waals surface area contributed by atoms with E-state index in [1.807, 2.05) is 0 Å². The number of anilines is 2. The van der Waals surface area contributed by atoms with Gasteiger partial charge in [-0.15, -0.1) is 0 Å². The number of H-pyrrole nitrogens is 1. The van der Waals surface area contributed by atoms with Crippen LogP contribution in [0, 0.1) is 11.3 Å². The third-order valence-electron chi connectivity index (χ3n) is 9.16. The van der Waals surface area contributed by atoms with Gasteiger partial charge < -0.3 is 25.0 Å². The molecule has 2 aromatic heterocycles. The molecule has 0 radical (unpaired) electrons. The third kappa shape index (κ3) is 5.90. The fourth-order valence-corrected chi connectivity index (χ4v) is 6.50. The van der Waals surface area contributed by atoms with Crippen LogP contribution in [0.25, 0.3) is 10.8 Å². The Morgan fingerprint density at radius 1 is 1.14 bits per heavy atom. The van der Waals surface area contributed by atoms with Gasteiger partial charge >= 0.3 is 6.01 Å². The molecule has 226 valence electrons. The lowest BCUT2D eigenvalue weighted by molar-refractivity contribution is 0.144. The zero-order valence-corrected chi connectivity index (χ0v) is 25.4. The van der Waals surface area contributed by atoms with E-state index in [1.54, 1.807) is 0 Å². The summed E-state index contributed by atoms with van der Waals surface area (Å²) >= 11 is 0.